The van der Waals surface area contributed by atoms with E-state index in [4.69, 9.17) is 26.2 Å². The predicted molar refractivity (Wildman–Crippen MR) is 207 cm³/mol. The van der Waals surface area contributed by atoms with E-state index in [0.717, 1.165) is 62.8 Å². The molecule has 0 spiro atoms. The van der Waals surface area contributed by atoms with Gasteiger partial charge in [-0.3, -0.25) is 14.5 Å². The van der Waals surface area contributed by atoms with Crippen LogP contribution in [0.4, 0.5) is 0 Å². The van der Waals surface area contributed by atoms with E-state index in [-0.39, 0.29) is 37.4 Å². The highest BCUT2D eigenvalue weighted by molar-refractivity contribution is 6.31. The first-order valence-corrected chi connectivity index (χ1v) is 18.6. The van der Waals surface area contributed by atoms with Gasteiger partial charge in [0.1, 0.15) is 17.2 Å². The maximum absolute atomic E-state index is 11.5. The van der Waals surface area contributed by atoms with Gasteiger partial charge in [-0.05, 0) is 90.4 Å². The molecule has 0 saturated carbocycles. The third kappa shape index (κ3) is 8.02. The van der Waals surface area contributed by atoms with Crippen LogP contribution in [-0.2, 0) is 29.1 Å². The summed E-state index contributed by atoms with van der Waals surface area (Å²) in [5.74, 6) is -1.63. The number of ether oxygens (including phenoxy) is 2. The fraction of sp³-hybridized carbons (Fsp3) is 0.333. The molecule has 13 heteroatoms. The van der Waals surface area contributed by atoms with Crippen LogP contribution < -0.4 is 14.8 Å². The van der Waals surface area contributed by atoms with Crippen molar-refractivity contribution in [2.24, 2.45) is 5.92 Å². The van der Waals surface area contributed by atoms with Crippen LogP contribution in [0.2, 0.25) is 5.02 Å². The topological polar surface area (TPSA) is 181 Å². The Kier molecular flexibility index (Phi) is 11.1. The molecular formula is C42H42ClN5O7. The highest BCUT2D eigenvalue weighted by atomic mass is 35.5. The van der Waals surface area contributed by atoms with Gasteiger partial charge in [0.2, 0.25) is 11.8 Å². The van der Waals surface area contributed by atoms with Crippen molar-refractivity contribution < 1.29 is 34.4 Å². The zero-order valence-corrected chi connectivity index (χ0v) is 31.3. The summed E-state index contributed by atoms with van der Waals surface area (Å²) in [6.07, 6.45) is 0.474. The van der Waals surface area contributed by atoms with E-state index in [1.807, 2.05) is 18.2 Å². The second kappa shape index (κ2) is 16.1. The van der Waals surface area contributed by atoms with Crippen LogP contribution in [-0.4, -0.2) is 75.0 Å². The molecule has 3 aromatic carbocycles. The Morgan fingerprint density at radius 2 is 1.87 bits per heavy atom. The van der Waals surface area contributed by atoms with Gasteiger partial charge in [0.15, 0.2) is 0 Å². The van der Waals surface area contributed by atoms with Crippen molar-refractivity contribution in [3.8, 4) is 40.2 Å². The molecule has 0 unspecified atom stereocenters. The number of nitriles is 1. The van der Waals surface area contributed by atoms with Crippen molar-refractivity contribution >= 4 is 34.4 Å². The molecular weight excluding hydrogens is 722 g/mol. The lowest BCUT2D eigenvalue weighted by Crippen LogP contribution is -2.28. The quantitative estimate of drug-likeness (QED) is 0.0819. The molecule has 3 atom stereocenters. The molecule has 0 amide bonds. The second-order valence-corrected chi connectivity index (χ2v) is 14.7. The van der Waals surface area contributed by atoms with Crippen molar-refractivity contribution in [3.63, 3.8) is 0 Å². The molecule has 5 N–H and O–H groups in total. The Balaban J connectivity index is 1.11. The van der Waals surface area contributed by atoms with E-state index in [9.17, 15) is 25.1 Å². The van der Waals surface area contributed by atoms with Gasteiger partial charge in [0.05, 0.1) is 36.6 Å². The van der Waals surface area contributed by atoms with Gasteiger partial charge in [0.25, 0.3) is 0 Å². The largest absolute Gasteiger partial charge is 0.481 e. The Bertz CT molecular complexity index is 2320. The second-order valence-electron chi connectivity index (χ2n) is 14.3. The number of methoxy groups -OCH3 is 1. The van der Waals surface area contributed by atoms with Gasteiger partial charge in [-0.1, -0.05) is 48.0 Å². The zero-order chi connectivity index (χ0) is 38.8. The minimum atomic E-state index is -1.08. The molecule has 2 aromatic heterocycles. The van der Waals surface area contributed by atoms with Gasteiger partial charge >= 0.3 is 11.9 Å². The molecule has 1 aliphatic carbocycles. The Morgan fingerprint density at radius 3 is 2.62 bits per heavy atom. The van der Waals surface area contributed by atoms with E-state index in [0.29, 0.717) is 48.1 Å². The van der Waals surface area contributed by atoms with Crippen LogP contribution in [0.15, 0.2) is 60.7 Å². The lowest BCUT2D eigenvalue weighted by molar-refractivity contribution is -0.141. The summed E-state index contributed by atoms with van der Waals surface area (Å²) in [5, 5.41) is 42.5. The third-order valence-electron chi connectivity index (χ3n) is 10.6. The minimum Gasteiger partial charge on any atom is -0.481 e. The van der Waals surface area contributed by atoms with Gasteiger partial charge in [-0.25, -0.2) is 0 Å². The zero-order valence-electron chi connectivity index (χ0n) is 30.6. The maximum Gasteiger partial charge on any atom is 0.307 e. The SMILES string of the molecule is COc1nc(O[C@H]2CCc3c(-c4cccc(-c5cc6cc(CN7CC[C@H](C(=O)O)C7)cc(C#N)c6[nH]5)c4C)cccc32)c(Cl)cc1CNC[C@@H](O)CC(=O)O. The lowest BCUT2D eigenvalue weighted by Gasteiger charge is -2.18. The summed E-state index contributed by atoms with van der Waals surface area (Å²) < 4.78 is 12.0. The fourth-order valence-electron chi connectivity index (χ4n) is 7.94. The van der Waals surface area contributed by atoms with E-state index in [1.165, 1.54) is 12.7 Å². The number of H-pyrrole nitrogens is 1. The van der Waals surface area contributed by atoms with Crippen molar-refractivity contribution in [3.05, 3.63) is 99.1 Å². The molecule has 1 saturated heterocycles. The number of fused-ring (bicyclic) bond motifs is 2. The predicted octanol–water partition coefficient (Wildman–Crippen LogP) is 6.64. The number of carboxylic acids is 2. The summed E-state index contributed by atoms with van der Waals surface area (Å²) in [6, 6.07) is 22.6. The number of carbonyl (C=O) groups is 2. The van der Waals surface area contributed by atoms with Crippen molar-refractivity contribution in [2.75, 3.05) is 26.7 Å². The Labute approximate surface area is 323 Å². The minimum absolute atomic E-state index is 0.0810. The molecule has 0 radical (unpaired) electrons. The van der Waals surface area contributed by atoms with Gasteiger partial charge < -0.3 is 35.1 Å². The number of hydrogen-bond donors (Lipinski definition) is 5. The molecule has 3 heterocycles. The summed E-state index contributed by atoms with van der Waals surface area (Å²) in [6.45, 7) is 4.27. The molecule has 12 nitrogen and oxygen atoms in total. The molecule has 7 rings (SSSR count). The van der Waals surface area contributed by atoms with Crippen molar-refractivity contribution in [1.82, 2.24) is 20.2 Å². The molecule has 5 aromatic rings. The van der Waals surface area contributed by atoms with Crippen LogP contribution in [0, 0.1) is 24.2 Å². The first kappa shape index (κ1) is 37.8. The Hall–Kier alpha value is -5.45. The maximum atomic E-state index is 11.5. The molecule has 284 valence electrons. The monoisotopic (exact) mass is 763 g/mol. The average Bonchev–Trinajstić information content (AvgIpc) is 3.91. The third-order valence-corrected chi connectivity index (χ3v) is 10.9. The number of aliphatic hydroxyl groups excluding tert-OH is 1. The molecule has 1 aliphatic heterocycles. The van der Waals surface area contributed by atoms with Gasteiger partial charge in [0, 0.05) is 48.4 Å². The molecule has 2 aliphatic rings. The number of nitrogens with zero attached hydrogens (tertiary/aromatic N) is 3. The van der Waals surface area contributed by atoms with E-state index >= 15 is 0 Å². The summed E-state index contributed by atoms with van der Waals surface area (Å²) in [5.41, 5.74) is 10.5. The van der Waals surface area contributed by atoms with Crippen LogP contribution in [0.5, 0.6) is 11.8 Å². The normalized spacial score (nSPS) is 17.2. The summed E-state index contributed by atoms with van der Waals surface area (Å²) >= 11 is 6.67. The van der Waals surface area contributed by atoms with Crippen LogP contribution in [0.1, 0.15) is 58.7 Å². The number of rotatable bonds is 14. The highest BCUT2D eigenvalue weighted by Gasteiger charge is 2.30. The standard InChI is InChI=1S/C42H42ClN5O7/c1-23-30(5-3-6-31(23)36-16-26-13-24(14-27(18-44)39(26)46-36)21-48-12-11-25(22-48)42(52)53)32-7-4-8-34-33(32)9-10-37(34)55-41-35(43)15-28(40(47-41)54-2)19-45-20-29(49)17-38(50)51/h3-8,13-16,25,29,37,45-46,49H,9-12,17,19-22H2,1-2H3,(H,50,51)(H,52,53)/t25-,29-,37-/m0/s1. The van der Waals surface area contributed by atoms with Crippen LogP contribution >= 0.6 is 11.6 Å². The number of likely N-dealkylation sites (tertiary alicyclic amines) is 1. The van der Waals surface area contributed by atoms with Crippen molar-refractivity contribution in [1.29, 1.82) is 5.26 Å². The number of aliphatic hydroxyl groups is 1. The highest BCUT2D eigenvalue weighted by Crippen LogP contribution is 2.43. The van der Waals surface area contributed by atoms with Gasteiger partial charge in [-0.2, -0.15) is 10.2 Å². The van der Waals surface area contributed by atoms with E-state index in [1.54, 1.807) is 6.07 Å². The number of nitrogens with one attached hydrogen (secondary N) is 2. The summed E-state index contributed by atoms with van der Waals surface area (Å²) in [7, 11) is 1.50. The smallest absolute Gasteiger partial charge is 0.307 e. The van der Waals surface area contributed by atoms with E-state index in [2.05, 4.69) is 69.6 Å². The first-order valence-electron chi connectivity index (χ1n) is 18.3. The number of aliphatic carboxylic acids is 2. The van der Waals surface area contributed by atoms with Crippen LogP contribution in [0.25, 0.3) is 33.3 Å². The fourth-order valence-corrected chi connectivity index (χ4v) is 8.16. The number of aromatic amines is 1. The molecule has 55 heavy (non-hydrogen) atoms. The number of aromatic nitrogens is 2. The van der Waals surface area contributed by atoms with Gasteiger partial charge in [-0.15, -0.1) is 0 Å². The first-order chi connectivity index (χ1) is 26.5. The number of halogens is 1. The number of carboxylic acid groups (broad SMARTS) is 2. The Morgan fingerprint density at radius 1 is 1.09 bits per heavy atom. The lowest BCUT2D eigenvalue weighted by atomic mass is 9.91. The number of benzene rings is 3. The van der Waals surface area contributed by atoms with Crippen LogP contribution in [0.3, 0.4) is 0 Å². The van der Waals surface area contributed by atoms with Crippen molar-refractivity contribution in [2.45, 2.75) is 57.9 Å². The summed E-state index contributed by atoms with van der Waals surface area (Å²) in [4.78, 5) is 32.6. The van der Waals surface area contributed by atoms with E-state index < -0.39 is 18.0 Å². The average molecular weight is 764 g/mol. The molecule has 0 bridgehead atoms. The number of pyridine rings is 1. The molecule has 1 fully saturated rings. The number of hydrogen-bond acceptors (Lipinski definition) is 9.